The van der Waals surface area contributed by atoms with Gasteiger partial charge in [0.1, 0.15) is 5.82 Å². The van der Waals surface area contributed by atoms with E-state index in [0.717, 1.165) is 42.5 Å². The highest BCUT2D eigenvalue weighted by atomic mass is 15.3. The lowest BCUT2D eigenvalue weighted by Gasteiger charge is -2.17. The molecule has 0 saturated carbocycles. The van der Waals surface area contributed by atoms with Crippen LogP contribution in [0.15, 0.2) is 30.9 Å². The number of aryl methyl sites for hydroxylation is 3. The molecule has 4 rings (SSSR count). The normalized spacial score (nSPS) is 17.4. The van der Waals surface area contributed by atoms with Crippen molar-refractivity contribution in [1.29, 1.82) is 0 Å². The standard InChI is InChI=1S/C18H23N7/c1-13-6-14(2)25(22-13)18-10-19-9-17(21-18)24-5-4-15(12-24)7-16-8-20-23(3)11-16/h6,8-11,15H,4-5,7,12H2,1-3H3. The van der Waals surface area contributed by atoms with Gasteiger partial charge in [0.15, 0.2) is 5.82 Å². The van der Waals surface area contributed by atoms with Crippen LogP contribution in [-0.2, 0) is 13.5 Å². The SMILES string of the molecule is Cc1cc(C)n(-c2cncc(N3CCC(Cc4cnn(C)c4)C3)n2)n1. The molecule has 3 aromatic heterocycles. The molecule has 3 aromatic rings. The molecule has 1 aliphatic rings. The average molecular weight is 337 g/mol. The van der Waals surface area contributed by atoms with Gasteiger partial charge < -0.3 is 4.90 Å². The highest BCUT2D eigenvalue weighted by Gasteiger charge is 2.24. The maximum Gasteiger partial charge on any atom is 0.174 e. The van der Waals surface area contributed by atoms with E-state index in [0.29, 0.717) is 5.92 Å². The van der Waals surface area contributed by atoms with Crippen molar-refractivity contribution in [3.8, 4) is 5.82 Å². The summed E-state index contributed by atoms with van der Waals surface area (Å²) in [7, 11) is 1.96. The third kappa shape index (κ3) is 3.26. The largest absolute Gasteiger partial charge is 0.355 e. The molecule has 0 aromatic carbocycles. The third-order valence-electron chi connectivity index (χ3n) is 4.73. The van der Waals surface area contributed by atoms with Crippen LogP contribution in [0.25, 0.3) is 5.82 Å². The predicted octanol–water partition coefficient (Wildman–Crippen LogP) is 2.08. The Morgan fingerprint density at radius 1 is 1.16 bits per heavy atom. The van der Waals surface area contributed by atoms with Gasteiger partial charge in [-0.2, -0.15) is 10.2 Å². The molecular formula is C18H23N7. The first-order valence-corrected chi connectivity index (χ1v) is 8.66. The molecule has 1 aliphatic heterocycles. The average Bonchev–Trinajstić information content (AvgIpc) is 3.29. The quantitative estimate of drug-likeness (QED) is 0.729. The van der Waals surface area contributed by atoms with Crippen LogP contribution in [-0.4, -0.2) is 42.6 Å². The van der Waals surface area contributed by atoms with Crippen LogP contribution in [0.4, 0.5) is 5.82 Å². The van der Waals surface area contributed by atoms with Gasteiger partial charge in [0.2, 0.25) is 0 Å². The topological polar surface area (TPSA) is 64.7 Å². The van der Waals surface area contributed by atoms with E-state index in [1.54, 1.807) is 6.20 Å². The van der Waals surface area contributed by atoms with E-state index >= 15 is 0 Å². The Morgan fingerprint density at radius 2 is 2.00 bits per heavy atom. The molecule has 1 atom stereocenters. The minimum atomic E-state index is 0.628. The molecule has 0 aliphatic carbocycles. The second-order valence-electron chi connectivity index (χ2n) is 6.90. The molecule has 0 radical (unpaired) electrons. The molecule has 1 unspecified atom stereocenters. The van der Waals surface area contributed by atoms with Crippen molar-refractivity contribution in [2.45, 2.75) is 26.7 Å². The molecule has 130 valence electrons. The zero-order valence-electron chi connectivity index (χ0n) is 14.9. The van der Waals surface area contributed by atoms with Crippen LogP contribution in [0, 0.1) is 19.8 Å². The first-order chi connectivity index (χ1) is 12.1. The van der Waals surface area contributed by atoms with E-state index in [4.69, 9.17) is 4.98 Å². The number of anilines is 1. The van der Waals surface area contributed by atoms with Crippen LogP contribution >= 0.6 is 0 Å². The number of aromatic nitrogens is 6. The molecule has 25 heavy (non-hydrogen) atoms. The van der Waals surface area contributed by atoms with E-state index in [1.165, 1.54) is 12.0 Å². The van der Waals surface area contributed by atoms with Crippen molar-refractivity contribution < 1.29 is 0 Å². The summed E-state index contributed by atoms with van der Waals surface area (Å²) in [6.07, 6.45) is 9.92. The van der Waals surface area contributed by atoms with Crippen molar-refractivity contribution in [3.05, 3.63) is 47.8 Å². The summed E-state index contributed by atoms with van der Waals surface area (Å²) in [5.41, 5.74) is 3.36. The zero-order chi connectivity index (χ0) is 17.4. The first kappa shape index (κ1) is 15.8. The minimum absolute atomic E-state index is 0.628. The molecule has 4 heterocycles. The number of hydrogen-bond acceptors (Lipinski definition) is 5. The van der Waals surface area contributed by atoms with E-state index in [9.17, 15) is 0 Å². The second kappa shape index (κ2) is 6.31. The van der Waals surface area contributed by atoms with Gasteiger partial charge >= 0.3 is 0 Å². The van der Waals surface area contributed by atoms with Gasteiger partial charge in [0, 0.05) is 32.0 Å². The lowest BCUT2D eigenvalue weighted by atomic mass is 10.0. The van der Waals surface area contributed by atoms with Gasteiger partial charge in [0.05, 0.1) is 24.3 Å². The Morgan fingerprint density at radius 3 is 2.72 bits per heavy atom. The number of nitrogens with zero attached hydrogens (tertiary/aromatic N) is 7. The number of rotatable bonds is 4. The smallest absolute Gasteiger partial charge is 0.174 e. The second-order valence-corrected chi connectivity index (χ2v) is 6.90. The van der Waals surface area contributed by atoms with Crippen molar-refractivity contribution in [2.24, 2.45) is 13.0 Å². The van der Waals surface area contributed by atoms with Gasteiger partial charge in [-0.3, -0.25) is 9.67 Å². The van der Waals surface area contributed by atoms with E-state index in [1.807, 2.05) is 48.7 Å². The third-order valence-corrected chi connectivity index (χ3v) is 4.73. The van der Waals surface area contributed by atoms with Gasteiger partial charge in [-0.15, -0.1) is 0 Å². The first-order valence-electron chi connectivity index (χ1n) is 8.66. The van der Waals surface area contributed by atoms with Gasteiger partial charge in [0.25, 0.3) is 0 Å². The Labute approximate surface area is 147 Å². The molecule has 7 nitrogen and oxygen atoms in total. The maximum atomic E-state index is 4.79. The van der Waals surface area contributed by atoms with Crippen molar-refractivity contribution in [3.63, 3.8) is 0 Å². The Bertz CT molecular complexity index is 879. The van der Waals surface area contributed by atoms with Gasteiger partial charge in [-0.25, -0.2) is 9.67 Å². The summed E-state index contributed by atoms with van der Waals surface area (Å²) in [5, 5.41) is 8.77. The monoisotopic (exact) mass is 337 g/mol. The molecule has 0 spiro atoms. The molecule has 7 heteroatoms. The summed E-state index contributed by atoms with van der Waals surface area (Å²) in [6.45, 7) is 6.04. The molecular weight excluding hydrogens is 314 g/mol. The van der Waals surface area contributed by atoms with Crippen molar-refractivity contribution in [2.75, 3.05) is 18.0 Å². The minimum Gasteiger partial charge on any atom is -0.355 e. The fourth-order valence-electron chi connectivity index (χ4n) is 3.58. The Balaban J connectivity index is 1.49. The van der Waals surface area contributed by atoms with Crippen LogP contribution in [0.5, 0.6) is 0 Å². The van der Waals surface area contributed by atoms with Crippen LogP contribution < -0.4 is 4.90 Å². The lowest BCUT2D eigenvalue weighted by molar-refractivity contribution is 0.585. The van der Waals surface area contributed by atoms with Crippen molar-refractivity contribution >= 4 is 5.82 Å². The molecule has 1 saturated heterocycles. The maximum absolute atomic E-state index is 4.79. The number of hydrogen-bond donors (Lipinski definition) is 0. The van der Waals surface area contributed by atoms with Gasteiger partial charge in [-0.05, 0) is 44.2 Å². The van der Waals surface area contributed by atoms with Crippen LogP contribution in [0.1, 0.15) is 23.4 Å². The lowest BCUT2D eigenvalue weighted by Crippen LogP contribution is -2.22. The Kier molecular flexibility index (Phi) is 3.99. The summed E-state index contributed by atoms with van der Waals surface area (Å²) in [4.78, 5) is 11.5. The highest BCUT2D eigenvalue weighted by molar-refractivity contribution is 5.41. The van der Waals surface area contributed by atoms with E-state index in [2.05, 4.69) is 26.3 Å². The molecule has 0 bridgehead atoms. The molecule has 0 amide bonds. The zero-order valence-corrected chi connectivity index (χ0v) is 14.9. The van der Waals surface area contributed by atoms with E-state index in [-0.39, 0.29) is 0 Å². The fourth-order valence-corrected chi connectivity index (χ4v) is 3.58. The summed E-state index contributed by atoms with van der Waals surface area (Å²) in [6, 6.07) is 2.05. The molecule has 0 N–H and O–H groups in total. The van der Waals surface area contributed by atoms with Crippen LogP contribution in [0.2, 0.25) is 0 Å². The summed E-state index contributed by atoms with van der Waals surface area (Å²) in [5.74, 6) is 2.33. The highest BCUT2D eigenvalue weighted by Crippen LogP contribution is 2.25. The molecule has 1 fully saturated rings. The fraction of sp³-hybridized carbons (Fsp3) is 0.444. The van der Waals surface area contributed by atoms with E-state index < -0.39 is 0 Å². The summed E-state index contributed by atoms with van der Waals surface area (Å²) < 4.78 is 3.72. The van der Waals surface area contributed by atoms with Crippen molar-refractivity contribution in [1.82, 2.24) is 29.5 Å². The predicted molar refractivity (Wildman–Crippen MR) is 95.9 cm³/mol. The van der Waals surface area contributed by atoms with Crippen LogP contribution in [0.3, 0.4) is 0 Å². The Hall–Kier alpha value is -2.70. The summed E-state index contributed by atoms with van der Waals surface area (Å²) >= 11 is 0. The van der Waals surface area contributed by atoms with Gasteiger partial charge in [-0.1, -0.05) is 0 Å².